The Morgan fingerprint density at radius 3 is 2.19 bits per heavy atom. The number of carbonyl (C=O) groups is 1. The number of benzene rings is 1. The number of hydrogen-bond donors (Lipinski definition) is 0. The van der Waals surface area contributed by atoms with Crippen LogP contribution in [0.5, 0.6) is 0 Å². The summed E-state index contributed by atoms with van der Waals surface area (Å²) in [4.78, 5) is 28.9. The van der Waals surface area contributed by atoms with Gasteiger partial charge in [-0.1, -0.05) is 6.07 Å². The quantitative estimate of drug-likeness (QED) is 0.750. The zero-order valence-electron chi connectivity index (χ0n) is 17.6. The minimum Gasteiger partial charge on any atom is -0.356 e. The summed E-state index contributed by atoms with van der Waals surface area (Å²) in [6.45, 7) is 4.45. The van der Waals surface area contributed by atoms with Crippen LogP contribution in [0.1, 0.15) is 53.7 Å². The minimum atomic E-state index is -0.826. The topological polar surface area (TPSA) is 52.6 Å². The van der Waals surface area contributed by atoms with E-state index in [1.807, 2.05) is 0 Å². The summed E-state index contributed by atoms with van der Waals surface area (Å²) in [7, 11) is 0. The molecule has 2 saturated heterocycles. The number of carbonyl (C=O) groups excluding carboxylic acids is 1. The van der Waals surface area contributed by atoms with Crippen LogP contribution in [-0.2, 0) is 13.0 Å². The van der Waals surface area contributed by atoms with Gasteiger partial charge in [0.25, 0.3) is 5.91 Å². The molecule has 0 bridgehead atoms. The highest BCUT2D eigenvalue weighted by Crippen LogP contribution is 2.32. The molecule has 31 heavy (non-hydrogen) atoms. The van der Waals surface area contributed by atoms with Gasteiger partial charge < -0.3 is 14.7 Å². The van der Waals surface area contributed by atoms with E-state index in [2.05, 4.69) is 9.80 Å². The third-order valence-corrected chi connectivity index (χ3v) is 6.53. The Morgan fingerprint density at radius 1 is 0.839 bits per heavy atom. The molecule has 1 amide bonds. The molecule has 2 fully saturated rings. The lowest BCUT2D eigenvalue weighted by molar-refractivity contribution is 0.0723. The molecule has 0 spiro atoms. The standard InChI is InChI=1S/C23H27F2N5O/c24-17-7-6-8-18(25)20(17)22(31)30-14-9-19-16(15-30)21(28-10-2-1-3-11-28)27-23(26-19)29-12-4-5-13-29/h6-8H,1-5,9-15H2. The first-order valence-corrected chi connectivity index (χ1v) is 11.2. The molecule has 6 nitrogen and oxygen atoms in total. The number of hydrogen-bond acceptors (Lipinski definition) is 5. The Morgan fingerprint density at radius 2 is 1.48 bits per heavy atom. The van der Waals surface area contributed by atoms with Crippen molar-refractivity contribution in [3.63, 3.8) is 0 Å². The molecule has 2 aromatic rings. The summed E-state index contributed by atoms with van der Waals surface area (Å²) < 4.78 is 28.4. The van der Waals surface area contributed by atoms with Crippen molar-refractivity contribution in [1.82, 2.24) is 14.9 Å². The average molecular weight is 427 g/mol. The molecule has 1 aromatic carbocycles. The average Bonchev–Trinajstić information content (AvgIpc) is 3.33. The van der Waals surface area contributed by atoms with Crippen molar-refractivity contribution >= 4 is 17.7 Å². The maximum atomic E-state index is 14.2. The number of amides is 1. The molecule has 0 aliphatic carbocycles. The first-order valence-electron chi connectivity index (χ1n) is 11.2. The largest absolute Gasteiger partial charge is 0.356 e. The van der Waals surface area contributed by atoms with Gasteiger partial charge in [-0.15, -0.1) is 0 Å². The number of fused-ring (bicyclic) bond motifs is 1. The van der Waals surface area contributed by atoms with Crippen molar-refractivity contribution < 1.29 is 13.6 Å². The summed E-state index contributed by atoms with van der Waals surface area (Å²) in [5.41, 5.74) is 1.39. The van der Waals surface area contributed by atoms with Gasteiger partial charge in [0, 0.05) is 44.7 Å². The number of rotatable bonds is 3. The lowest BCUT2D eigenvalue weighted by atomic mass is 10.0. The molecule has 8 heteroatoms. The van der Waals surface area contributed by atoms with Crippen molar-refractivity contribution in [2.45, 2.75) is 45.1 Å². The molecule has 0 saturated carbocycles. The van der Waals surface area contributed by atoms with Gasteiger partial charge in [0.2, 0.25) is 5.95 Å². The van der Waals surface area contributed by atoms with E-state index >= 15 is 0 Å². The zero-order chi connectivity index (χ0) is 21.4. The summed E-state index contributed by atoms with van der Waals surface area (Å²) in [5, 5.41) is 0. The van der Waals surface area contributed by atoms with E-state index in [4.69, 9.17) is 9.97 Å². The Bertz CT molecular complexity index is 966. The van der Waals surface area contributed by atoms with Gasteiger partial charge in [0.15, 0.2) is 0 Å². The van der Waals surface area contributed by atoms with Crippen LogP contribution in [0.3, 0.4) is 0 Å². The summed E-state index contributed by atoms with van der Waals surface area (Å²) in [6, 6.07) is 3.52. The van der Waals surface area contributed by atoms with Gasteiger partial charge in [0.1, 0.15) is 23.0 Å². The highest BCUT2D eigenvalue weighted by molar-refractivity contribution is 5.95. The predicted molar refractivity (Wildman–Crippen MR) is 114 cm³/mol. The van der Waals surface area contributed by atoms with Crippen LogP contribution >= 0.6 is 0 Å². The van der Waals surface area contributed by atoms with Crippen LogP contribution in [0, 0.1) is 11.6 Å². The van der Waals surface area contributed by atoms with Crippen molar-refractivity contribution in [2.75, 3.05) is 42.5 Å². The van der Waals surface area contributed by atoms with Crippen molar-refractivity contribution in [3.05, 3.63) is 46.7 Å². The molecule has 0 atom stereocenters. The van der Waals surface area contributed by atoms with Gasteiger partial charge in [-0.25, -0.2) is 13.8 Å². The van der Waals surface area contributed by atoms with Crippen LogP contribution in [0.25, 0.3) is 0 Å². The van der Waals surface area contributed by atoms with Gasteiger partial charge in [-0.3, -0.25) is 4.79 Å². The molecule has 0 radical (unpaired) electrons. The number of piperidine rings is 1. The number of halogens is 2. The molecular formula is C23H27F2N5O. The first-order chi connectivity index (χ1) is 15.1. The van der Waals surface area contributed by atoms with Crippen LogP contribution in [-0.4, -0.2) is 53.5 Å². The normalized spacial score (nSPS) is 19.0. The number of nitrogens with zero attached hydrogens (tertiary/aromatic N) is 5. The molecule has 164 valence electrons. The number of aromatic nitrogens is 2. The Balaban J connectivity index is 1.50. The van der Waals surface area contributed by atoms with E-state index in [9.17, 15) is 13.6 Å². The van der Waals surface area contributed by atoms with Crippen LogP contribution in [0.15, 0.2) is 18.2 Å². The second-order valence-corrected chi connectivity index (χ2v) is 8.59. The fourth-order valence-corrected chi connectivity index (χ4v) is 4.84. The van der Waals surface area contributed by atoms with Crippen LogP contribution < -0.4 is 9.80 Å². The molecule has 5 rings (SSSR count). The fraction of sp³-hybridized carbons (Fsp3) is 0.522. The summed E-state index contributed by atoms with van der Waals surface area (Å²) >= 11 is 0. The predicted octanol–water partition coefficient (Wildman–Crippen LogP) is 3.54. The SMILES string of the molecule is O=C(c1c(F)cccc1F)N1CCc2nc(N3CCCC3)nc(N3CCCCC3)c2C1. The maximum Gasteiger partial charge on any atom is 0.260 e. The molecule has 4 heterocycles. The Kier molecular flexibility index (Phi) is 5.46. The smallest absolute Gasteiger partial charge is 0.260 e. The minimum absolute atomic E-state index is 0.272. The van der Waals surface area contributed by atoms with Gasteiger partial charge in [-0.05, 0) is 44.2 Å². The first kappa shape index (κ1) is 20.2. The second kappa shape index (κ2) is 8.40. The van der Waals surface area contributed by atoms with E-state index in [1.165, 1.54) is 17.4 Å². The lowest BCUT2D eigenvalue weighted by Gasteiger charge is -2.35. The van der Waals surface area contributed by atoms with E-state index < -0.39 is 23.1 Å². The van der Waals surface area contributed by atoms with E-state index in [1.54, 1.807) is 0 Å². The molecule has 1 aromatic heterocycles. The van der Waals surface area contributed by atoms with Gasteiger partial charge in [0.05, 0.1) is 12.2 Å². The van der Waals surface area contributed by atoms with E-state index in [-0.39, 0.29) is 6.54 Å². The third kappa shape index (κ3) is 3.83. The molecule has 3 aliphatic heterocycles. The van der Waals surface area contributed by atoms with Gasteiger partial charge >= 0.3 is 0 Å². The lowest BCUT2D eigenvalue weighted by Crippen LogP contribution is -2.40. The summed E-state index contributed by atoms with van der Waals surface area (Å²) in [6.07, 6.45) is 6.29. The van der Waals surface area contributed by atoms with Gasteiger partial charge in [-0.2, -0.15) is 4.98 Å². The molecule has 3 aliphatic rings. The van der Waals surface area contributed by atoms with Crippen molar-refractivity contribution in [2.24, 2.45) is 0 Å². The highest BCUT2D eigenvalue weighted by atomic mass is 19.1. The van der Waals surface area contributed by atoms with E-state index in [0.29, 0.717) is 13.0 Å². The second-order valence-electron chi connectivity index (χ2n) is 8.59. The van der Waals surface area contributed by atoms with E-state index in [0.717, 1.165) is 87.0 Å². The Labute approximate surface area is 180 Å². The molecular weight excluding hydrogens is 400 g/mol. The molecule has 0 N–H and O–H groups in total. The summed E-state index contributed by atoms with van der Waals surface area (Å²) in [5.74, 6) is -0.607. The monoisotopic (exact) mass is 427 g/mol. The van der Waals surface area contributed by atoms with Crippen LogP contribution in [0.2, 0.25) is 0 Å². The zero-order valence-corrected chi connectivity index (χ0v) is 17.6. The fourth-order valence-electron chi connectivity index (χ4n) is 4.84. The number of anilines is 2. The van der Waals surface area contributed by atoms with Crippen molar-refractivity contribution in [3.8, 4) is 0 Å². The highest BCUT2D eigenvalue weighted by Gasteiger charge is 2.31. The Hall–Kier alpha value is -2.77. The van der Waals surface area contributed by atoms with Crippen LogP contribution in [0.4, 0.5) is 20.5 Å². The van der Waals surface area contributed by atoms with Crippen molar-refractivity contribution in [1.29, 1.82) is 0 Å². The maximum absolute atomic E-state index is 14.2. The molecule has 0 unspecified atom stereocenters. The third-order valence-electron chi connectivity index (χ3n) is 6.53.